The highest BCUT2D eigenvalue weighted by Crippen LogP contribution is 2.29. The number of rotatable bonds is 3. The Kier molecular flexibility index (Phi) is 4.41. The molecule has 1 N–H and O–H groups in total. The van der Waals surface area contributed by atoms with E-state index >= 15 is 0 Å². The molecule has 6 heteroatoms. The van der Waals surface area contributed by atoms with Crippen LogP contribution in [0.5, 0.6) is 0 Å². The second kappa shape index (κ2) is 6.34. The summed E-state index contributed by atoms with van der Waals surface area (Å²) in [7, 11) is 1.84. The van der Waals surface area contributed by atoms with Crippen molar-refractivity contribution >= 4 is 44.3 Å². The van der Waals surface area contributed by atoms with Gasteiger partial charge in [0.2, 0.25) is 0 Å². The van der Waals surface area contributed by atoms with Crippen LogP contribution in [-0.2, 0) is 13.6 Å². The van der Waals surface area contributed by atoms with Gasteiger partial charge in [0.05, 0.1) is 5.52 Å². The molecule has 0 aliphatic rings. The molecule has 1 aromatic heterocycles. The lowest BCUT2D eigenvalue weighted by Gasteiger charge is -2.04. The number of aromatic nitrogens is 2. The normalized spacial score (nSPS) is 11.0. The Balaban J connectivity index is 1.87. The molecule has 4 nitrogen and oxygen atoms in total. The number of fused-ring (bicyclic) bond motifs is 1. The smallest absolute Gasteiger partial charge is 0.272 e. The summed E-state index contributed by atoms with van der Waals surface area (Å²) < 4.78 is 2.69. The standard InChI is InChI=1S/C17H15BrClN3O/c1-10-3-8-13-15(21-22(2)16(13)14(10)18)17(23)20-9-11-4-6-12(19)7-5-11/h3-8H,9H2,1-2H3,(H,20,23). The maximum Gasteiger partial charge on any atom is 0.272 e. The van der Waals surface area contributed by atoms with Crippen molar-refractivity contribution in [3.8, 4) is 0 Å². The number of hydrogen-bond acceptors (Lipinski definition) is 2. The largest absolute Gasteiger partial charge is 0.347 e. The van der Waals surface area contributed by atoms with Gasteiger partial charge in [-0.15, -0.1) is 0 Å². The number of nitrogens with zero attached hydrogens (tertiary/aromatic N) is 2. The van der Waals surface area contributed by atoms with Gasteiger partial charge in [0.15, 0.2) is 5.69 Å². The summed E-state index contributed by atoms with van der Waals surface area (Å²) in [5.74, 6) is -0.193. The average molecular weight is 393 g/mol. The summed E-state index contributed by atoms with van der Waals surface area (Å²) in [6.07, 6.45) is 0. The molecule has 1 heterocycles. The minimum absolute atomic E-state index is 0.193. The Morgan fingerprint density at radius 2 is 1.96 bits per heavy atom. The molecule has 0 radical (unpaired) electrons. The van der Waals surface area contributed by atoms with E-state index in [4.69, 9.17) is 11.6 Å². The summed E-state index contributed by atoms with van der Waals surface area (Å²) in [6.45, 7) is 2.44. The number of halogens is 2. The Labute approximate surface area is 147 Å². The van der Waals surface area contributed by atoms with E-state index in [0.717, 1.165) is 26.5 Å². The van der Waals surface area contributed by atoms with Crippen molar-refractivity contribution in [3.63, 3.8) is 0 Å². The molecule has 0 saturated carbocycles. The van der Waals surface area contributed by atoms with E-state index in [9.17, 15) is 4.79 Å². The van der Waals surface area contributed by atoms with Crippen molar-refractivity contribution in [1.29, 1.82) is 0 Å². The molecule has 0 saturated heterocycles. The number of hydrogen-bond donors (Lipinski definition) is 1. The van der Waals surface area contributed by atoms with Crippen LogP contribution in [0.4, 0.5) is 0 Å². The average Bonchev–Trinajstić information content (AvgIpc) is 2.87. The molecule has 3 aromatic rings. The third-order valence-electron chi connectivity index (χ3n) is 3.72. The van der Waals surface area contributed by atoms with Crippen LogP contribution in [0.3, 0.4) is 0 Å². The SMILES string of the molecule is Cc1ccc2c(C(=O)NCc3ccc(Cl)cc3)nn(C)c2c1Br. The van der Waals surface area contributed by atoms with Gasteiger partial charge in [-0.3, -0.25) is 9.48 Å². The number of amides is 1. The fourth-order valence-electron chi connectivity index (χ4n) is 2.46. The van der Waals surface area contributed by atoms with Gasteiger partial charge in [-0.1, -0.05) is 35.9 Å². The van der Waals surface area contributed by atoms with Gasteiger partial charge in [-0.05, 0) is 46.1 Å². The van der Waals surface area contributed by atoms with Crippen molar-refractivity contribution < 1.29 is 4.79 Å². The molecule has 118 valence electrons. The van der Waals surface area contributed by atoms with Crippen molar-refractivity contribution in [2.24, 2.45) is 7.05 Å². The van der Waals surface area contributed by atoms with E-state index in [1.807, 2.05) is 38.2 Å². The zero-order valence-electron chi connectivity index (χ0n) is 12.7. The third-order valence-corrected chi connectivity index (χ3v) is 4.97. The fourth-order valence-corrected chi connectivity index (χ4v) is 3.19. The van der Waals surface area contributed by atoms with Crippen molar-refractivity contribution in [2.75, 3.05) is 0 Å². The zero-order valence-corrected chi connectivity index (χ0v) is 15.1. The molecule has 0 aliphatic heterocycles. The van der Waals surface area contributed by atoms with Crippen LogP contribution in [0.2, 0.25) is 5.02 Å². The van der Waals surface area contributed by atoms with Crippen LogP contribution in [0.25, 0.3) is 10.9 Å². The Morgan fingerprint density at radius 3 is 2.65 bits per heavy atom. The van der Waals surface area contributed by atoms with E-state index < -0.39 is 0 Å². The Bertz CT molecular complexity index is 887. The Morgan fingerprint density at radius 1 is 1.26 bits per heavy atom. The van der Waals surface area contributed by atoms with E-state index in [1.54, 1.807) is 16.8 Å². The Hall–Kier alpha value is -1.85. The number of benzene rings is 2. The monoisotopic (exact) mass is 391 g/mol. The molecule has 0 bridgehead atoms. The molecule has 0 aliphatic carbocycles. The number of carbonyl (C=O) groups excluding carboxylic acids is 1. The summed E-state index contributed by atoms with van der Waals surface area (Å²) in [5.41, 5.74) is 3.44. The lowest BCUT2D eigenvalue weighted by molar-refractivity contribution is 0.0947. The predicted molar refractivity (Wildman–Crippen MR) is 95.8 cm³/mol. The van der Waals surface area contributed by atoms with Crippen LogP contribution < -0.4 is 5.32 Å². The van der Waals surface area contributed by atoms with Gasteiger partial charge in [-0.25, -0.2) is 0 Å². The van der Waals surface area contributed by atoms with Crippen LogP contribution in [0.1, 0.15) is 21.6 Å². The molecule has 0 fully saturated rings. The first-order valence-corrected chi connectivity index (χ1v) is 8.29. The van der Waals surface area contributed by atoms with E-state index in [1.165, 1.54) is 0 Å². The van der Waals surface area contributed by atoms with Crippen LogP contribution in [0.15, 0.2) is 40.9 Å². The molecule has 1 amide bonds. The summed E-state index contributed by atoms with van der Waals surface area (Å²) in [6, 6.07) is 11.3. The van der Waals surface area contributed by atoms with E-state index in [0.29, 0.717) is 17.3 Å². The fraction of sp³-hybridized carbons (Fsp3) is 0.176. The lowest BCUT2D eigenvalue weighted by Crippen LogP contribution is -2.23. The maximum atomic E-state index is 12.5. The van der Waals surface area contributed by atoms with Gasteiger partial charge < -0.3 is 5.32 Å². The third kappa shape index (κ3) is 3.12. The predicted octanol–water partition coefficient (Wildman–Crippen LogP) is 4.23. The van der Waals surface area contributed by atoms with Crippen LogP contribution in [0, 0.1) is 6.92 Å². The molecule has 3 rings (SSSR count). The maximum absolute atomic E-state index is 12.5. The summed E-state index contributed by atoms with van der Waals surface area (Å²) in [5, 5.41) is 8.78. The molecule has 0 spiro atoms. The van der Waals surface area contributed by atoms with Crippen molar-refractivity contribution in [1.82, 2.24) is 15.1 Å². The van der Waals surface area contributed by atoms with Gasteiger partial charge >= 0.3 is 0 Å². The van der Waals surface area contributed by atoms with Gasteiger partial charge in [-0.2, -0.15) is 5.10 Å². The molecular weight excluding hydrogens is 378 g/mol. The van der Waals surface area contributed by atoms with Crippen LogP contribution >= 0.6 is 27.5 Å². The topological polar surface area (TPSA) is 46.9 Å². The van der Waals surface area contributed by atoms with E-state index in [-0.39, 0.29) is 5.91 Å². The highest BCUT2D eigenvalue weighted by molar-refractivity contribution is 9.10. The first-order valence-electron chi connectivity index (χ1n) is 7.12. The first-order chi connectivity index (χ1) is 11.0. The summed E-state index contributed by atoms with van der Waals surface area (Å²) >= 11 is 9.43. The van der Waals surface area contributed by atoms with Gasteiger partial charge in [0.25, 0.3) is 5.91 Å². The zero-order chi connectivity index (χ0) is 16.6. The van der Waals surface area contributed by atoms with Crippen LogP contribution in [-0.4, -0.2) is 15.7 Å². The van der Waals surface area contributed by atoms with Crippen molar-refractivity contribution in [3.05, 3.63) is 62.7 Å². The van der Waals surface area contributed by atoms with E-state index in [2.05, 4.69) is 26.3 Å². The minimum atomic E-state index is -0.193. The first kappa shape index (κ1) is 16.0. The molecule has 0 atom stereocenters. The minimum Gasteiger partial charge on any atom is -0.347 e. The molecule has 0 unspecified atom stereocenters. The van der Waals surface area contributed by atoms with Gasteiger partial charge in [0, 0.05) is 28.5 Å². The second-order valence-corrected chi connectivity index (χ2v) is 6.60. The van der Waals surface area contributed by atoms with Crippen molar-refractivity contribution in [2.45, 2.75) is 13.5 Å². The molecule has 2 aromatic carbocycles. The number of nitrogens with one attached hydrogen (secondary N) is 1. The quantitative estimate of drug-likeness (QED) is 0.725. The highest BCUT2D eigenvalue weighted by Gasteiger charge is 2.18. The molecular formula is C17H15BrClN3O. The number of carbonyl (C=O) groups is 1. The summed E-state index contributed by atoms with van der Waals surface area (Å²) in [4.78, 5) is 12.5. The second-order valence-electron chi connectivity index (χ2n) is 5.37. The highest BCUT2D eigenvalue weighted by atomic mass is 79.9. The lowest BCUT2D eigenvalue weighted by atomic mass is 10.1. The number of aryl methyl sites for hydroxylation is 2. The van der Waals surface area contributed by atoms with Gasteiger partial charge in [0.1, 0.15) is 0 Å². The molecule has 23 heavy (non-hydrogen) atoms.